The zero-order valence-electron chi connectivity index (χ0n) is 14.0. The Morgan fingerprint density at radius 3 is 2.17 bits per heavy atom. The zero-order valence-corrected chi connectivity index (χ0v) is 14.8. The molecule has 3 rings (SSSR count). The maximum Gasteiger partial charge on any atom is 0.243 e. The van der Waals surface area contributed by atoms with Crippen molar-refractivity contribution < 1.29 is 8.42 Å². The van der Waals surface area contributed by atoms with Crippen LogP contribution >= 0.6 is 0 Å². The molecule has 0 spiro atoms. The molecule has 2 aromatic rings. The highest BCUT2D eigenvalue weighted by Gasteiger charge is 2.28. The average Bonchev–Trinajstić information content (AvgIpc) is 2.62. The highest BCUT2D eigenvalue weighted by atomic mass is 32.2. The van der Waals surface area contributed by atoms with E-state index in [9.17, 15) is 8.42 Å². The van der Waals surface area contributed by atoms with Crippen LogP contribution in [0.1, 0.15) is 18.2 Å². The Kier molecular flexibility index (Phi) is 4.82. The van der Waals surface area contributed by atoms with Gasteiger partial charge in [0, 0.05) is 26.2 Å². The van der Waals surface area contributed by atoms with Crippen molar-refractivity contribution in [2.45, 2.75) is 25.2 Å². The van der Waals surface area contributed by atoms with Crippen LogP contribution in [-0.2, 0) is 16.4 Å². The summed E-state index contributed by atoms with van der Waals surface area (Å²) in [6.07, 6.45) is 0.899. The van der Waals surface area contributed by atoms with E-state index in [4.69, 9.17) is 0 Å². The molecule has 0 bridgehead atoms. The molecule has 7 heteroatoms. The molecule has 0 saturated carbocycles. The molecule has 1 saturated heterocycles. The fraction of sp³-hybridized carbons (Fsp3) is 0.412. The molecule has 0 N–H and O–H groups in total. The molecule has 6 nitrogen and oxygen atoms in total. The van der Waals surface area contributed by atoms with E-state index < -0.39 is 10.0 Å². The first-order chi connectivity index (χ1) is 11.5. The number of benzene rings is 1. The highest BCUT2D eigenvalue weighted by molar-refractivity contribution is 7.89. The zero-order chi connectivity index (χ0) is 17.2. The van der Waals surface area contributed by atoms with Crippen molar-refractivity contribution in [3.8, 4) is 0 Å². The van der Waals surface area contributed by atoms with Crippen molar-refractivity contribution >= 4 is 15.8 Å². The number of hydrogen-bond acceptors (Lipinski definition) is 5. The summed E-state index contributed by atoms with van der Waals surface area (Å²) in [5.41, 5.74) is 2.01. The van der Waals surface area contributed by atoms with E-state index >= 15 is 0 Å². The van der Waals surface area contributed by atoms with E-state index in [0.717, 1.165) is 23.5 Å². The Labute approximate surface area is 143 Å². The Bertz CT molecular complexity index is 780. The second-order valence-electron chi connectivity index (χ2n) is 5.92. The number of hydrogen-bond donors (Lipinski definition) is 0. The lowest BCUT2D eigenvalue weighted by Gasteiger charge is -2.34. The summed E-state index contributed by atoms with van der Waals surface area (Å²) in [7, 11) is -3.43. The molecular weight excluding hydrogens is 324 g/mol. The molecule has 24 heavy (non-hydrogen) atoms. The van der Waals surface area contributed by atoms with Gasteiger partial charge in [0.1, 0.15) is 0 Å². The lowest BCUT2D eigenvalue weighted by atomic mass is 10.2. The third kappa shape index (κ3) is 3.42. The van der Waals surface area contributed by atoms with Gasteiger partial charge in [-0.1, -0.05) is 19.1 Å². The number of aromatic nitrogens is 2. The van der Waals surface area contributed by atoms with Gasteiger partial charge >= 0.3 is 0 Å². The topological polar surface area (TPSA) is 66.4 Å². The number of nitrogens with zero attached hydrogens (tertiary/aromatic N) is 4. The maximum atomic E-state index is 12.8. The molecule has 0 amide bonds. The van der Waals surface area contributed by atoms with Gasteiger partial charge in [-0.3, -0.25) is 0 Å². The van der Waals surface area contributed by atoms with Gasteiger partial charge in [0.05, 0.1) is 10.6 Å². The number of aryl methyl sites for hydroxylation is 2. The quantitative estimate of drug-likeness (QED) is 0.845. The van der Waals surface area contributed by atoms with Crippen molar-refractivity contribution in [3.63, 3.8) is 0 Å². The summed E-state index contributed by atoms with van der Waals surface area (Å²) in [6, 6.07) is 11.0. The van der Waals surface area contributed by atoms with Gasteiger partial charge in [-0.2, -0.15) is 9.40 Å². The van der Waals surface area contributed by atoms with E-state index in [-0.39, 0.29) is 0 Å². The minimum absolute atomic E-state index is 0.364. The highest BCUT2D eigenvalue weighted by Crippen LogP contribution is 2.20. The summed E-state index contributed by atoms with van der Waals surface area (Å²) in [4.78, 5) is 2.43. The van der Waals surface area contributed by atoms with Gasteiger partial charge in [-0.25, -0.2) is 8.42 Å². The largest absolute Gasteiger partial charge is 0.352 e. The SMILES string of the molecule is CCc1ccc(S(=O)(=O)N2CCN(c3ccc(C)nn3)CC2)cc1. The number of anilines is 1. The minimum Gasteiger partial charge on any atom is -0.352 e. The normalized spacial score (nSPS) is 16.3. The second kappa shape index (κ2) is 6.86. The number of rotatable bonds is 4. The van der Waals surface area contributed by atoms with Gasteiger partial charge in [-0.15, -0.1) is 5.10 Å². The van der Waals surface area contributed by atoms with Crippen LogP contribution < -0.4 is 4.90 Å². The van der Waals surface area contributed by atoms with Crippen LogP contribution in [0, 0.1) is 6.92 Å². The smallest absolute Gasteiger partial charge is 0.243 e. The first-order valence-electron chi connectivity index (χ1n) is 8.15. The van der Waals surface area contributed by atoms with Crippen LogP contribution in [0.2, 0.25) is 0 Å². The molecule has 1 fully saturated rings. The summed E-state index contributed by atoms with van der Waals surface area (Å²) >= 11 is 0. The molecular formula is C17H22N4O2S. The Balaban J connectivity index is 1.69. The summed E-state index contributed by atoms with van der Waals surface area (Å²) in [6.45, 7) is 6.08. The van der Waals surface area contributed by atoms with E-state index in [2.05, 4.69) is 22.0 Å². The molecule has 0 aliphatic carbocycles. The minimum atomic E-state index is -3.43. The van der Waals surface area contributed by atoms with Gasteiger partial charge in [0.25, 0.3) is 0 Å². The van der Waals surface area contributed by atoms with Crippen LogP contribution in [0.15, 0.2) is 41.3 Å². The molecule has 1 aliphatic heterocycles. The fourth-order valence-electron chi connectivity index (χ4n) is 2.76. The third-order valence-electron chi connectivity index (χ3n) is 4.32. The molecule has 1 aromatic carbocycles. The fourth-order valence-corrected chi connectivity index (χ4v) is 4.19. The Morgan fingerprint density at radius 1 is 0.958 bits per heavy atom. The number of piperazine rings is 1. The van der Waals surface area contributed by atoms with Crippen molar-refractivity contribution in [2.75, 3.05) is 31.1 Å². The standard InChI is InChI=1S/C17H22N4O2S/c1-3-15-5-7-16(8-6-15)24(22,23)21-12-10-20(11-13-21)17-9-4-14(2)18-19-17/h4-9H,3,10-13H2,1-2H3. The summed E-state index contributed by atoms with van der Waals surface area (Å²) < 4.78 is 27.1. The van der Waals surface area contributed by atoms with Gasteiger partial charge in [0.15, 0.2) is 5.82 Å². The average molecular weight is 346 g/mol. The van der Waals surface area contributed by atoms with Crippen LogP contribution in [-0.4, -0.2) is 49.1 Å². The summed E-state index contributed by atoms with van der Waals surface area (Å²) in [5.74, 6) is 0.796. The molecule has 128 valence electrons. The first-order valence-corrected chi connectivity index (χ1v) is 9.59. The predicted molar refractivity (Wildman–Crippen MR) is 93.6 cm³/mol. The van der Waals surface area contributed by atoms with Crippen LogP contribution in [0.5, 0.6) is 0 Å². The van der Waals surface area contributed by atoms with Crippen LogP contribution in [0.25, 0.3) is 0 Å². The monoisotopic (exact) mass is 346 g/mol. The van der Waals surface area contributed by atoms with E-state index in [1.54, 1.807) is 16.4 Å². The molecule has 1 aromatic heterocycles. The molecule has 1 aliphatic rings. The van der Waals surface area contributed by atoms with Gasteiger partial charge < -0.3 is 4.90 Å². The van der Waals surface area contributed by atoms with Gasteiger partial charge in [0.2, 0.25) is 10.0 Å². The van der Waals surface area contributed by atoms with Crippen LogP contribution in [0.3, 0.4) is 0 Å². The summed E-state index contributed by atoms with van der Waals surface area (Å²) in [5, 5.41) is 8.24. The lowest BCUT2D eigenvalue weighted by molar-refractivity contribution is 0.383. The van der Waals surface area contributed by atoms with Gasteiger partial charge in [-0.05, 0) is 43.2 Å². The van der Waals surface area contributed by atoms with Crippen molar-refractivity contribution in [2.24, 2.45) is 0 Å². The first kappa shape index (κ1) is 16.9. The van der Waals surface area contributed by atoms with Crippen LogP contribution in [0.4, 0.5) is 5.82 Å². The van der Waals surface area contributed by atoms with E-state index in [0.29, 0.717) is 31.1 Å². The molecule has 0 radical (unpaired) electrons. The molecule has 0 unspecified atom stereocenters. The Hall–Kier alpha value is -1.99. The van der Waals surface area contributed by atoms with E-state index in [1.165, 1.54) is 0 Å². The van der Waals surface area contributed by atoms with Crippen molar-refractivity contribution in [3.05, 3.63) is 47.7 Å². The second-order valence-corrected chi connectivity index (χ2v) is 7.86. The Morgan fingerprint density at radius 2 is 1.62 bits per heavy atom. The van der Waals surface area contributed by atoms with Crippen molar-refractivity contribution in [1.82, 2.24) is 14.5 Å². The maximum absolute atomic E-state index is 12.8. The molecule has 0 atom stereocenters. The van der Waals surface area contributed by atoms with E-state index in [1.807, 2.05) is 31.2 Å². The number of sulfonamides is 1. The third-order valence-corrected chi connectivity index (χ3v) is 6.23. The predicted octanol–water partition coefficient (Wildman–Crippen LogP) is 1.86. The van der Waals surface area contributed by atoms with Crippen molar-refractivity contribution in [1.29, 1.82) is 0 Å². The molecule has 2 heterocycles. The lowest BCUT2D eigenvalue weighted by Crippen LogP contribution is -2.49.